The Hall–Kier alpha value is -3.72. The van der Waals surface area contributed by atoms with Gasteiger partial charge in [-0.3, -0.25) is 4.98 Å². The number of pyridine rings is 1. The molecule has 0 saturated carbocycles. The van der Waals surface area contributed by atoms with Gasteiger partial charge >= 0.3 is 0 Å². The van der Waals surface area contributed by atoms with Crippen LogP contribution in [0.4, 0.5) is 5.82 Å². The molecule has 3 N–H and O–H groups in total. The minimum atomic E-state index is 0.117. The number of hydrogen-bond donors (Lipinski definition) is 2. The lowest BCUT2D eigenvalue weighted by atomic mass is 10.0. The number of nitriles is 1. The summed E-state index contributed by atoms with van der Waals surface area (Å²) in [5, 5.41) is 10.2. The molecule has 4 rings (SSSR count). The second-order valence-electron chi connectivity index (χ2n) is 5.26. The zero-order valence-corrected chi connectivity index (χ0v) is 12.6. The molecule has 1 aromatic carbocycles. The van der Waals surface area contributed by atoms with E-state index in [9.17, 15) is 5.26 Å². The van der Waals surface area contributed by atoms with Crippen molar-refractivity contribution in [1.29, 1.82) is 5.26 Å². The van der Waals surface area contributed by atoms with Crippen molar-refractivity contribution in [3.05, 3.63) is 60.6 Å². The lowest BCUT2D eigenvalue weighted by Crippen LogP contribution is -2.03. The fraction of sp³-hybridized carbons (Fsp3) is 0. The van der Waals surface area contributed by atoms with Crippen molar-refractivity contribution in [1.82, 2.24) is 19.9 Å². The predicted octanol–water partition coefficient (Wildman–Crippen LogP) is 3.14. The first-order valence-corrected chi connectivity index (χ1v) is 7.33. The third kappa shape index (κ3) is 2.25. The molecule has 6 heteroatoms. The van der Waals surface area contributed by atoms with Crippen LogP contribution in [0.15, 0.2) is 54.9 Å². The second kappa shape index (κ2) is 5.48. The van der Waals surface area contributed by atoms with E-state index in [4.69, 9.17) is 5.73 Å². The highest BCUT2D eigenvalue weighted by atomic mass is 14.9. The third-order valence-corrected chi connectivity index (χ3v) is 3.76. The van der Waals surface area contributed by atoms with Gasteiger partial charge in [-0.25, -0.2) is 9.97 Å². The van der Waals surface area contributed by atoms with Gasteiger partial charge in [0, 0.05) is 23.3 Å². The number of benzene rings is 1. The molecule has 114 valence electrons. The van der Waals surface area contributed by atoms with Gasteiger partial charge in [0.15, 0.2) is 11.5 Å². The molecule has 0 aliphatic rings. The number of nitrogens with two attached hydrogens (primary N) is 1. The Kier molecular flexibility index (Phi) is 3.18. The van der Waals surface area contributed by atoms with Crippen LogP contribution in [0.5, 0.6) is 0 Å². The van der Waals surface area contributed by atoms with Gasteiger partial charge in [0.05, 0.1) is 16.9 Å². The van der Waals surface area contributed by atoms with Crippen molar-refractivity contribution < 1.29 is 0 Å². The van der Waals surface area contributed by atoms with Gasteiger partial charge in [-0.2, -0.15) is 5.26 Å². The number of nitrogens with zero attached hydrogens (tertiary/aromatic N) is 4. The molecule has 0 radical (unpaired) electrons. The zero-order chi connectivity index (χ0) is 16.5. The molecule has 0 bridgehead atoms. The Morgan fingerprint density at radius 2 is 1.96 bits per heavy atom. The summed E-state index contributed by atoms with van der Waals surface area (Å²) in [6.07, 6.45) is 3.56. The number of anilines is 1. The van der Waals surface area contributed by atoms with Crippen molar-refractivity contribution in [3.63, 3.8) is 0 Å². The molecule has 4 aromatic rings. The van der Waals surface area contributed by atoms with Crippen molar-refractivity contribution in [3.8, 4) is 28.7 Å². The van der Waals surface area contributed by atoms with Crippen LogP contribution in [-0.2, 0) is 0 Å². The normalized spacial score (nSPS) is 10.6. The molecule has 24 heavy (non-hydrogen) atoms. The average molecular weight is 312 g/mol. The van der Waals surface area contributed by atoms with E-state index >= 15 is 0 Å². The van der Waals surface area contributed by atoms with Crippen LogP contribution in [-0.4, -0.2) is 19.9 Å². The van der Waals surface area contributed by atoms with Crippen LogP contribution in [0, 0.1) is 11.3 Å². The molecule has 3 aromatic heterocycles. The van der Waals surface area contributed by atoms with E-state index in [1.807, 2.05) is 48.5 Å². The SMILES string of the molecule is N#Cc1nc(-c2ccc3ncccc3c2)c(-c2ccc[nH]2)nc1N. The second-order valence-corrected chi connectivity index (χ2v) is 5.26. The minimum absolute atomic E-state index is 0.117. The van der Waals surface area contributed by atoms with E-state index in [1.165, 1.54) is 0 Å². The molecule has 0 aliphatic heterocycles. The minimum Gasteiger partial charge on any atom is -0.381 e. The fourth-order valence-corrected chi connectivity index (χ4v) is 2.62. The van der Waals surface area contributed by atoms with Gasteiger partial charge in [0.2, 0.25) is 0 Å². The molecule has 0 atom stereocenters. The molecule has 0 spiro atoms. The smallest absolute Gasteiger partial charge is 0.183 e. The molecule has 0 fully saturated rings. The maximum Gasteiger partial charge on any atom is 0.183 e. The van der Waals surface area contributed by atoms with E-state index in [0.717, 1.165) is 22.2 Å². The van der Waals surface area contributed by atoms with Crippen molar-refractivity contribution in [2.45, 2.75) is 0 Å². The quantitative estimate of drug-likeness (QED) is 0.591. The Bertz CT molecular complexity index is 1080. The maximum absolute atomic E-state index is 9.23. The Labute approximate surface area is 137 Å². The predicted molar refractivity (Wildman–Crippen MR) is 91.7 cm³/mol. The summed E-state index contributed by atoms with van der Waals surface area (Å²) in [5.74, 6) is 0.119. The van der Waals surface area contributed by atoms with Crippen molar-refractivity contribution in [2.24, 2.45) is 0 Å². The van der Waals surface area contributed by atoms with E-state index in [0.29, 0.717) is 11.4 Å². The van der Waals surface area contributed by atoms with E-state index < -0.39 is 0 Å². The van der Waals surface area contributed by atoms with Gasteiger partial charge in [-0.05, 0) is 30.3 Å². The number of H-pyrrole nitrogens is 1. The highest BCUT2D eigenvalue weighted by molar-refractivity contribution is 5.87. The van der Waals surface area contributed by atoms with Gasteiger partial charge in [-0.15, -0.1) is 0 Å². The Balaban J connectivity index is 2.00. The number of fused-ring (bicyclic) bond motifs is 1. The fourth-order valence-electron chi connectivity index (χ4n) is 2.62. The number of nitrogens with one attached hydrogen (secondary N) is 1. The number of rotatable bonds is 2. The summed E-state index contributed by atoms with van der Waals surface area (Å²) in [4.78, 5) is 16.3. The monoisotopic (exact) mass is 312 g/mol. The van der Waals surface area contributed by atoms with Gasteiger partial charge < -0.3 is 10.7 Å². The van der Waals surface area contributed by atoms with Crippen LogP contribution in [0.3, 0.4) is 0 Å². The van der Waals surface area contributed by atoms with Gasteiger partial charge in [0.1, 0.15) is 11.8 Å². The first-order valence-electron chi connectivity index (χ1n) is 7.33. The Morgan fingerprint density at radius 1 is 1.04 bits per heavy atom. The van der Waals surface area contributed by atoms with Crippen molar-refractivity contribution in [2.75, 3.05) is 5.73 Å². The molecular weight excluding hydrogens is 300 g/mol. The van der Waals surface area contributed by atoms with Crippen LogP contribution >= 0.6 is 0 Å². The number of aromatic amines is 1. The summed E-state index contributed by atoms with van der Waals surface area (Å²) in [7, 11) is 0. The summed E-state index contributed by atoms with van der Waals surface area (Å²) in [5.41, 5.74) is 9.73. The summed E-state index contributed by atoms with van der Waals surface area (Å²) in [6.45, 7) is 0. The Morgan fingerprint density at radius 3 is 2.75 bits per heavy atom. The molecule has 6 nitrogen and oxygen atoms in total. The van der Waals surface area contributed by atoms with Gasteiger partial charge in [0.25, 0.3) is 0 Å². The standard InChI is InChI=1S/C18H12N6/c19-10-15-18(20)24-17(14-4-2-8-22-14)16(23-15)12-5-6-13-11(9-12)3-1-7-21-13/h1-9,22H,(H2,20,24). The zero-order valence-electron chi connectivity index (χ0n) is 12.6. The molecule has 0 saturated heterocycles. The number of aromatic nitrogens is 4. The van der Waals surface area contributed by atoms with Crippen LogP contribution < -0.4 is 5.73 Å². The third-order valence-electron chi connectivity index (χ3n) is 3.76. The molecular formula is C18H12N6. The highest BCUT2D eigenvalue weighted by Crippen LogP contribution is 2.31. The van der Waals surface area contributed by atoms with E-state index in [1.54, 1.807) is 12.4 Å². The number of hydrogen-bond acceptors (Lipinski definition) is 5. The topological polar surface area (TPSA) is 104 Å². The van der Waals surface area contributed by atoms with Crippen LogP contribution in [0.25, 0.3) is 33.5 Å². The van der Waals surface area contributed by atoms with Crippen molar-refractivity contribution >= 4 is 16.7 Å². The summed E-state index contributed by atoms with van der Waals surface area (Å²) < 4.78 is 0. The number of nitrogen functional groups attached to an aromatic ring is 1. The lowest BCUT2D eigenvalue weighted by Gasteiger charge is -2.10. The lowest BCUT2D eigenvalue weighted by molar-refractivity contribution is 1.17. The maximum atomic E-state index is 9.23. The molecule has 0 unspecified atom stereocenters. The van der Waals surface area contributed by atoms with E-state index in [2.05, 4.69) is 19.9 Å². The molecule has 0 aliphatic carbocycles. The van der Waals surface area contributed by atoms with Gasteiger partial charge in [-0.1, -0.05) is 12.1 Å². The highest BCUT2D eigenvalue weighted by Gasteiger charge is 2.16. The average Bonchev–Trinajstić information content (AvgIpc) is 3.15. The van der Waals surface area contributed by atoms with Crippen LogP contribution in [0.1, 0.15) is 5.69 Å². The molecule has 0 amide bonds. The summed E-state index contributed by atoms with van der Waals surface area (Å²) in [6, 6.07) is 15.4. The summed E-state index contributed by atoms with van der Waals surface area (Å²) >= 11 is 0. The molecule has 3 heterocycles. The van der Waals surface area contributed by atoms with Crippen LogP contribution in [0.2, 0.25) is 0 Å². The first-order chi connectivity index (χ1) is 11.8. The first kappa shape index (κ1) is 13.9. The largest absolute Gasteiger partial charge is 0.381 e. The van der Waals surface area contributed by atoms with E-state index in [-0.39, 0.29) is 11.5 Å².